The van der Waals surface area contributed by atoms with Crippen molar-refractivity contribution in [1.82, 2.24) is 14.7 Å². The van der Waals surface area contributed by atoms with Crippen LogP contribution in [0.15, 0.2) is 24.3 Å². The van der Waals surface area contributed by atoms with Crippen molar-refractivity contribution < 1.29 is 9.59 Å². The smallest absolute Gasteiger partial charge is 0.263 e. The van der Waals surface area contributed by atoms with Crippen molar-refractivity contribution in [3.8, 4) is 0 Å². The molecule has 5 nitrogen and oxygen atoms in total. The van der Waals surface area contributed by atoms with E-state index in [0.29, 0.717) is 6.54 Å². The second-order valence-electron chi connectivity index (χ2n) is 9.24. The molecular weight excluding hydrogens is 406 g/mol. The van der Waals surface area contributed by atoms with Gasteiger partial charge in [0.15, 0.2) is 0 Å². The maximum absolute atomic E-state index is 13.4. The minimum absolute atomic E-state index is 0.0658. The van der Waals surface area contributed by atoms with E-state index < -0.39 is 0 Å². The Morgan fingerprint density at radius 3 is 2.48 bits per heavy atom. The van der Waals surface area contributed by atoms with E-state index in [1.54, 1.807) is 16.2 Å². The molecule has 2 aromatic rings. The molecule has 0 bridgehead atoms. The van der Waals surface area contributed by atoms with Crippen LogP contribution in [0.1, 0.15) is 60.2 Å². The lowest BCUT2D eigenvalue weighted by Gasteiger charge is -2.34. The molecule has 31 heavy (non-hydrogen) atoms. The third kappa shape index (κ3) is 5.12. The molecule has 6 heteroatoms. The molecular formula is C25H35N3O2S. The minimum atomic E-state index is 0.0658. The topological polar surface area (TPSA) is 43.9 Å². The van der Waals surface area contributed by atoms with E-state index in [9.17, 15) is 9.59 Å². The number of carbonyl (C=O) groups excluding carboxylic acids is 2. The third-order valence-electron chi connectivity index (χ3n) is 6.74. The summed E-state index contributed by atoms with van der Waals surface area (Å²) in [6.07, 6.45) is 8.88. The highest BCUT2D eigenvalue weighted by molar-refractivity contribution is 7.21. The molecule has 0 aliphatic carbocycles. The molecule has 168 valence electrons. The van der Waals surface area contributed by atoms with Crippen molar-refractivity contribution in [3.63, 3.8) is 0 Å². The summed E-state index contributed by atoms with van der Waals surface area (Å²) in [4.78, 5) is 33.3. The van der Waals surface area contributed by atoms with Gasteiger partial charge >= 0.3 is 0 Å². The number of amides is 2. The summed E-state index contributed by atoms with van der Waals surface area (Å²) in [5.41, 5.74) is 1.13. The number of thiophene rings is 1. The molecule has 0 spiro atoms. The van der Waals surface area contributed by atoms with Gasteiger partial charge in [-0.1, -0.05) is 37.5 Å². The number of carbonyl (C=O) groups is 2. The quantitative estimate of drug-likeness (QED) is 0.691. The Labute approximate surface area is 190 Å². The lowest BCUT2D eigenvalue weighted by Crippen LogP contribution is -2.47. The van der Waals surface area contributed by atoms with E-state index in [1.807, 2.05) is 20.2 Å². The number of hydrogen-bond donors (Lipinski definition) is 0. The zero-order chi connectivity index (χ0) is 21.8. The van der Waals surface area contributed by atoms with Crippen LogP contribution in [-0.2, 0) is 11.2 Å². The standard InChI is InChI=1S/C25H35N3O2S/c1-26(2)25(30)24-21(20-12-6-7-13-22(20)31-24)17-19-11-5-3-10-16-28(19)23(29)18-27-14-8-4-9-15-27/h6-7,12-13,19H,3-5,8-11,14-18H2,1-2H3/t19-/m0/s1. The van der Waals surface area contributed by atoms with E-state index in [2.05, 4.69) is 28.0 Å². The summed E-state index contributed by atoms with van der Waals surface area (Å²) in [7, 11) is 3.63. The first-order valence-electron chi connectivity index (χ1n) is 11.8. The van der Waals surface area contributed by atoms with Crippen LogP contribution >= 0.6 is 11.3 Å². The molecule has 1 aromatic carbocycles. The van der Waals surface area contributed by atoms with Crippen molar-refractivity contribution in [2.24, 2.45) is 0 Å². The zero-order valence-corrected chi connectivity index (χ0v) is 19.8. The van der Waals surface area contributed by atoms with E-state index in [1.165, 1.54) is 31.1 Å². The second kappa shape index (κ2) is 10.1. The first kappa shape index (κ1) is 22.3. The van der Waals surface area contributed by atoms with Crippen LogP contribution < -0.4 is 0 Å². The van der Waals surface area contributed by atoms with Gasteiger partial charge in [0.25, 0.3) is 5.91 Å². The largest absolute Gasteiger partial charge is 0.344 e. The monoisotopic (exact) mass is 441 g/mol. The third-order valence-corrected chi connectivity index (χ3v) is 7.94. The molecule has 4 rings (SSSR count). The molecule has 0 N–H and O–H groups in total. The predicted molar refractivity (Wildman–Crippen MR) is 128 cm³/mol. The lowest BCUT2D eigenvalue weighted by molar-refractivity contribution is -0.134. The van der Waals surface area contributed by atoms with Crippen molar-refractivity contribution in [3.05, 3.63) is 34.7 Å². The number of likely N-dealkylation sites (tertiary alicyclic amines) is 2. The summed E-state index contributed by atoms with van der Waals surface area (Å²) in [5, 5.41) is 1.17. The normalized spacial score (nSPS) is 20.6. The maximum atomic E-state index is 13.4. The zero-order valence-electron chi connectivity index (χ0n) is 18.9. The van der Waals surface area contributed by atoms with Gasteiger partial charge < -0.3 is 9.80 Å². The van der Waals surface area contributed by atoms with Crippen LogP contribution in [0, 0.1) is 0 Å². The molecule has 3 heterocycles. The highest BCUT2D eigenvalue weighted by Gasteiger charge is 2.30. The van der Waals surface area contributed by atoms with Crippen LogP contribution in [0.2, 0.25) is 0 Å². The fraction of sp³-hybridized carbons (Fsp3) is 0.600. The minimum Gasteiger partial charge on any atom is -0.344 e. The molecule has 0 radical (unpaired) electrons. The Morgan fingerprint density at radius 2 is 1.71 bits per heavy atom. The summed E-state index contributed by atoms with van der Waals surface area (Å²) in [5.74, 6) is 0.338. The molecule has 2 aliphatic heterocycles. The van der Waals surface area contributed by atoms with Gasteiger partial charge in [-0.2, -0.15) is 0 Å². The highest BCUT2D eigenvalue weighted by Crippen LogP contribution is 2.34. The lowest BCUT2D eigenvalue weighted by atomic mass is 9.97. The summed E-state index contributed by atoms with van der Waals surface area (Å²) >= 11 is 1.59. The van der Waals surface area contributed by atoms with E-state index in [4.69, 9.17) is 0 Å². The van der Waals surface area contributed by atoms with Gasteiger partial charge in [-0.25, -0.2) is 0 Å². The summed E-state index contributed by atoms with van der Waals surface area (Å²) < 4.78 is 1.16. The van der Waals surface area contributed by atoms with Crippen LogP contribution in [0.5, 0.6) is 0 Å². The molecule has 2 saturated heterocycles. The average molecular weight is 442 g/mol. The number of rotatable bonds is 5. The maximum Gasteiger partial charge on any atom is 0.263 e. The number of piperidine rings is 1. The van der Waals surface area contributed by atoms with Gasteiger partial charge in [0.1, 0.15) is 0 Å². The van der Waals surface area contributed by atoms with Gasteiger partial charge in [0.2, 0.25) is 5.91 Å². The first-order valence-corrected chi connectivity index (χ1v) is 12.6. The molecule has 1 atom stereocenters. The Morgan fingerprint density at radius 1 is 1.00 bits per heavy atom. The number of hydrogen-bond acceptors (Lipinski definition) is 4. The molecule has 2 fully saturated rings. The van der Waals surface area contributed by atoms with E-state index in [0.717, 1.165) is 60.5 Å². The van der Waals surface area contributed by atoms with E-state index >= 15 is 0 Å². The van der Waals surface area contributed by atoms with E-state index in [-0.39, 0.29) is 17.9 Å². The summed E-state index contributed by atoms with van der Waals surface area (Å²) in [6, 6.07) is 8.49. The molecule has 0 unspecified atom stereocenters. The van der Waals surface area contributed by atoms with Crippen molar-refractivity contribution in [1.29, 1.82) is 0 Å². The molecule has 0 saturated carbocycles. The van der Waals surface area contributed by atoms with Gasteiger partial charge in [-0.05, 0) is 62.2 Å². The van der Waals surface area contributed by atoms with Gasteiger partial charge in [-0.15, -0.1) is 11.3 Å². The van der Waals surface area contributed by atoms with Gasteiger partial charge in [0, 0.05) is 31.4 Å². The average Bonchev–Trinajstić information content (AvgIpc) is 2.96. The van der Waals surface area contributed by atoms with Crippen molar-refractivity contribution in [2.45, 2.75) is 57.4 Å². The highest BCUT2D eigenvalue weighted by atomic mass is 32.1. The Bertz CT molecular complexity index is 917. The number of nitrogens with zero attached hydrogens (tertiary/aromatic N) is 3. The fourth-order valence-corrected chi connectivity index (χ4v) is 6.28. The Hall–Kier alpha value is -1.92. The molecule has 2 amide bonds. The molecule has 2 aliphatic rings. The van der Waals surface area contributed by atoms with Crippen molar-refractivity contribution in [2.75, 3.05) is 40.3 Å². The van der Waals surface area contributed by atoms with Crippen molar-refractivity contribution >= 4 is 33.2 Å². The predicted octanol–water partition coefficient (Wildman–Crippen LogP) is 4.40. The fourth-order valence-electron chi connectivity index (χ4n) is 5.03. The van der Waals surface area contributed by atoms with Crippen LogP contribution in [0.4, 0.5) is 0 Å². The number of fused-ring (bicyclic) bond motifs is 1. The SMILES string of the molecule is CN(C)C(=O)c1sc2ccccc2c1C[C@@H]1CCCCCN1C(=O)CN1CCCCC1. The van der Waals surface area contributed by atoms with Gasteiger partial charge in [-0.3, -0.25) is 14.5 Å². The van der Waals surface area contributed by atoms with Crippen LogP contribution in [0.25, 0.3) is 10.1 Å². The molecule has 1 aromatic heterocycles. The van der Waals surface area contributed by atoms with Crippen LogP contribution in [0.3, 0.4) is 0 Å². The Kier molecular flexibility index (Phi) is 7.28. The first-order chi connectivity index (χ1) is 15.0. The number of benzene rings is 1. The second-order valence-corrected chi connectivity index (χ2v) is 10.3. The Balaban J connectivity index is 1.60. The summed E-state index contributed by atoms with van der Waals surface area (Å²) in [6.45, 7) is 3.47. The van der Waals surface area contributed by atoms with Gasteiger partial charge in [0.05, 0.1) is 11.4 Å². The van der Waals surface area contributed by atoms with Crippen LogP contribution in [-0.4, -0.2) is 72.8 Å².